The predicted octanol–water partition coefficient (Wildman–Crippen LogP) is 2.12. The van der Waals surface area contributed by atoms with Gasteiger partial charge in [-0.15, -0.1) is 0 Å². The fourth-order valence-corrected chi connectivity index (χ4v) is 2.31. The molecule has 1 aliphatic carbocycles. The van der Waals surface area contributed by atoms with Gasteiger partial charge in [-0.1, -0.05) is 25.9 Å². The molecule has 0 spiro atoms. The molecule has 0 bridgehead atoms. The zero-order valence-corrected chi connectivity index (χ0v) is 9.46. The van der Waals surface area contributed by atoms with Crippen molar-refractivity contribution in [2.24, 2.45) is 10.6 Å². The number of nitrogens with one attached hydrogen (secondary N) is 1. The molecule has 0 atom stereocenters. The van der Waals surface area contributed by atoms with Crippen LogP contribution in [0.4, 0.5) is 0 Å². The Labute approximate surface area is 89.4 Å². The molecule has 0 aliphatic heterocycles. The highest BCUT2D eigenvalue weighted by molar-refractivity contribution is 6.03. The van der Waals surface area contributed by atoms with E-state index in [1.807, 2.05) is 0 Å². The molecule has 0 saturated carbocycles. The van der Waals surface area contributed by atoms with Gasteiger partial charge in [0.2, 0.25) is 0 Å². The topological polar surface area (TPSA) is 61.3 Å². The number of aromatic nitrogens is 2. The Morgan fingerprint density at radius 2 is 2.20 bits per heavy atom. The highest BCUT2D eigenvalue weighted by atomic mass is 16.4. The highest BCUT2D eigenvalue weighted by Crippen LogP contribution is 2.35. The van der Waals surface area contributed by atoms with Crippen molar-refractivity contribution in [3.8, 4) is 0 Å². The quantitative estimate of drug-likeness (QED) is 0.547. The number of H-pyrrole nitrogens is 1. The fraction of sp³-hybridized carbons (Fsp3) is 0.636. The van der Waals surface area contributed by atoms with Crippen molar-refractivity contribution in [1.29, 1.82) is 0 Å². The van der Waals surface area contributed by atoms with E-state index in [9.17, 15) is 0 Å². The number of oxime groups is 1. The van der Waals surface area contributed by atoms with Gasteiger partial charge in [0.1, 0.15) is 0 Å². The van der Waals surface area contributed by atoms with Crippen LogP contribution in [-0.4, -0.2) is 21.1 Å². The molecule has 0 saturated heterocycles. The molecule has 82 valence electrons. The lowest BCUT2D eigenvalue weighted by Gasteiger charge is -2.29. The van der Waals surface area contributed by atoms with Gasteiger partial charge in [-0.25, -0.2) is 0 Å². The lowest BCUT2D eigenvalue weighted by Crippen LogP contribution is -2.27. The van der Waals surface area contributed by atoms with E-state index in [4.69, 9.17) is 5.21 Å². The minimum absolute atomic E-state index is 0.145. The Hall–Kier alpha value is -1.32. The lowest BCUT2D eigenvalue weighted by atomic mass is 9.75. The Balaban J connectivity index is 2.52. The van der Waals surface area contributed by atoms with Gasteiger partial charge in [-0.05, 0) is 24.7 Å². The summed E-state index contributed by atoms with van der Waals surface area (Å²) in [6.45, 7) is 6.41. The van der Waals surface area contributed by atoms with Gasteiger partial charge in [0, 0.05) is 11.3 Å². The molecule has 1 aliphatic rings. The van der Waals surface area contributed by atoms with Crippen LogP contribution in [0.5, 0.6) is 0 Å². The van der Waals surface area contributed by atoms with Gasteiger partial charge in [0.15, 0.2) is 0 Å². The predicted molar refractivity (Wildman–Crippen MR) is 58.4 cm³/mol. The maximum Gasteiger partial charge on any atom is 0.0910 e. The molecule has 1 aromatic rings. The van der Waals surface area contributed by atoms with E-state index in [2.05, 4.69) is 36.1 Å². The zero-order chi connectivity index (χ0) is 11.1. The maximum atomic E-state index is 9.05. The van der Waals surface area contributed by atoms with E-state index in [1.165, 1.54) is 0 Å². The van der Waals surface area contributed by atoms with Crippen LogP contribution in [0.25, 0.3) is 0 Å². The van der Waals surface area contributed by atoms with E-state index >= 15 is 0 Å². The normalized spacial score (nSPS) is 21.7. The average molecular weight is 207 g/mol. The first kappa shape index (κ1) is 10.2. The third kappa shape index (κ3) is 1.64. The molecular weight excluding hydrogens is 190 g/mol. The summed E-state index contributed by atoms with van der Waals surface area (Å²) in [7, 11) is 0. The van der Waals surface area contributed by atoms with Crippen LogP contribution < -0.4 is 0 Å². The van der Waals surface area contributed by atoms with Crippen LogP contribution in [0.15, 0.2) is 5.16 Å². The summed E-state index contributed by atoms with van der Waals surface area (Å²) in [6, 6.07) is 0. The Bertz CT molecular complexity index is 404. The largest absolute Gasteiger partial charge is 0.411 e. The summed E-state index contributed by atoms with van der Waals surface area (Å²) in [5.74, 6) is 0. The van der Waals surface area contributed by atoms with Gasteiger partial charge in [0.05, 0.1) is 11.4 Å². The SMILES string of the molecule is CCc1n[nH]c2c1C(=NO)CC(C)(C)C2. The molecule has 2 rings (SSSR count). The molecule has 4 nitrogen and oxygen atoms in total. The smallest absolute Gasteiger partial charge is 0.0910 e. The second-order valence-electron chi connectivity index (χ2n) is 4.94. The van der Waals surface area contributed by atoms with Gasteiger partial charge in [-0.3, -0.25) is 5.10 Å². The zero-order valence-electron chi connectivity index (χ0n) is 9.46. The van der Waals surface area contributed by atoms with Crippen molar-refractivity contribution in [2.45, 2.75) is 40.0 Å². The first-order valence-electron chi connectivity index (χ1n) is 5.35. The fourth-order valence-electron chi connectivity index (χ4n) is 2.31. The molecule has 1 aromatic heterocycles. The van der Waals surface area contributed by atoms with Crippen LogP contribution >= 0.6 is 0 Å². The Morgan fingerprint density at radius 3 is 2.80 bits per heavy atom. The summed E-state index contributed by atoms with van der Waals surface area (Å²) in [5, 5.41) is 19.8. The molecule has 0 radical (unpaired) electrons. The molecule has 4 heteroatoms. The first-order valence-corrected chi connectivity index (χ1v) is 5.35. The van der Waals surface area contributed by atoms with Crippen molar-refractivity contribution in [3.05, 3.63) is 17.0 Å². The van der Waals surface area contributed by atoms with Crippen LogP contribution in [0.3, 0.4) is 0 Å². The summed E-state index contributed by atoms with van der Waals surface area (Å²) >= 11 is 0. The highest BCUT2D eigenvalue weighted by Gasteiger charge is 2.33. The summed E-state index contributed by atoms with van der Waals surface area (Å²) in [5.41, 5.74) is 4.07. The van der Waals surface area contributed by atoms with Crippen molar-refractivity contribution in [2.75, 3.05) is 0 Å². The van der Waals surface area contributed by atoms with E-state index in [-0.39, 0.29) is 5.41 Å². The average Bonchev–Trinajstić information content (AvgIpc) is 2.57. The summed E-state index contributed by atoms with van der Waals surface area (Å²) < 4.78 is 0. The number of aromatic amines is 1. The number of fused-ring (bicyclic) bond motifs is 1. The van der Waals surface area contributed by atoms with E-state index in [0.717, 1.165) is 41.9 Å². The van der Waals surface area contributed by atoms with Crippen molar-refractivity contribution >= 4 is 5.71 Å². The van der Waals surface area contributed by atoms with E-state index in [1.54, 1.807) is 0 Å². The van der Waals surface area contributed by atoms with Crippen molar-refractivity contribution < 1.29 is 5.21 Å². The number of hydrogen-bond donors (Lipinski definition) is 2. The van der Waals surface area contributed by atoms with Crippen LogP contribution in [-0.2, 0) is 12.8 Å². The molecule has 2 N–H and O–H groups in total. The Kier molecular flexibility index (Phi) is 2.29. The number of rotatable bonds is 1. The third-order valence-electron chi connectivity index (χ3n) is 2.96. The van der Waals surface area contributed by atoms with Crippen molar-refractivity contribution in [1.82, 2.24) is 10.2 Å². The molecule has 0 fully saturated rings. The Morgan fingerprint density at radius 1 is 1.47 bits per heavy atom. The van der Waals surface area contributed by atoms with Gasteiger partial charge < -0.3 is 5.21 Å². The van der Waals surface area contributed by atoms with Gasteiger partial charge in [0.25, 0.3) is 0 Å². The first-order chi connectivity index (χ1) is 7.07. The molecule has 0 unspecified atom stereocenters. The van der Waals surface area contributed by atoms with Crippen molar-refractivity contribution in [3.63, 3.8) is 0 Å². The number of nitrogens with zero attached hydrogens (tertiary/aromatic N) is 2. The molecule has 0 aromatic carbocycles. The molecule has 0 amide bonds. The maximum absolute atomic E-state index is 9.05. The van der Waals surface area contributed by atoms with Crippen LogP contribution in [0, 0.1) is 5.41 Å². The van der Waals surface area contributed by atoms with E-state index in [0.29, 0.717) is 0 Å². The van der Waals surface area contributed by atoms with Gasteiger partial charge >= 0.3 is 0 Å². The standard InChI is InChI=1S/C11H17N3O/c1-4-7-10-8(13-12-7)5-11(2,3)6-9(10)14-15/h15H,4-6H2,1-3H3,(H,12,13). The minimum Gasteiger partial charge on any atom is -0.411 e. The lowest BCUT2D eigenvalue weighted by molar-refractivity contribution is 0.306. The van der Waals surface area contributed by atoms with E-state index < -0.39 is 0 Å². The second-order valence-corrected chi connectivity index (χ2v) is 4.94. The molecular formula is C11H17N3O. The van der Waals surface area contributed by atoms with Gasteiger partial charge in [-0.2, -0.15) is 5.10 Å². The molecule has 15 heavy (non-hydrogen) atoms. The monoisotopic (exact) mass is 207 g/mol. The molecule has 1 heterocycles. The summed E-state index contributed by atoms with van der Waals surface area (Å²) in [4.78, 5) is 0. The van der Waals surface area contributed by atoms with Crippen LogP contribution in [0.2, 0.25) is 0 Å². The number of hydrogen-bond acceptors (Lipinski definition) is 3. The summed E-state index contributed by atoms with van der Waals surface area (Å²) in [6.07, 6.45) is 2.64. The number of aryl methyl sites for hydroxylation is 1. The minimum atomic E-state index is 0.145. The third-order valence-corrected chi connectivity index (χ3v) is 2.96. The van der Waals surface area contributed by atoms with Crippen LogP contribution in [0.1, 0.15) is 44.1 Å². The second kappa shape index (κ2) is 3.36.